The summed E-state index contributed by atoms with van der Waals surface area (Å²) in [6.07, 6.45) is 0. The highest BCUT2D eigenvalue weighted by atomic mass is 31.2. The van der Waals surface area contributed by atoms with Crippen LogP contribution < -0.4 is 21.2 Å². The highest BCUT2D eigenvalue weighted by Crippen LogP contribution is 2.55. The second kappa shape index (κ2) is 10.8. The van der Waals surface area contributed by atoms with Crippen LogP contribution in [0.25, 0.3) is 0 Å². The molecule has 174 valence electrons. The SMILES string of the molecule is Oc1cccc(O)c1O.Oc1ccccc1[P+](c1ccccc1)(c1ccccc1)c1ccccc1. The molecule has 0 aliphatic heterocycles. The Hall–Kier alpha value is -4.27. The lowest BCUT2D eigenvalue weighted by atomic mass is 10.3. The van der Waals surface area contributed by atoms with Gasteiger partial charge in [-0.25, -0.2) is 0 Å². The fourth-order valence-corrected chi connectivity index (χ4v) is 8.40. The van der Waals surface area contributed by atoms with Gasteiger partial charge in [-0.3, -0.25) is 0 Å². The van der Waals surface area contributed by atoms with Gasteiger partial charge in [0.05, 0.1) is 0 Å². The quantitative estimate of drug-likeness (QED) is 0.219. The Labute approximate surface area is 205 Å². The van der Waals surface area contributed by atoms with Crippen LogP contribution in [0.15, 0.2) is 133 Å². The molecule has 4 N–H and O–H groups in total. The Balaban J connectivity index is 0.000000271. The van der Waals surface area contributed by atoms with Crippen LogP contribution in [0.4, 0.5) is 0 Å². The lowest BCUT2D eigenvalue weighted by molar-refractivity contribution is 0.368. The van der Waals surface area contributed by atoms with Gasteiger partial charge >= 0.3 is 0 Å². The lowest BCUT2D eigenvalue weighted by Crippen LogP contribution is -2.38. The molecule has 5 heteroatoms. The van der Waals surface area contributed by atoms with E-state index in [4.69, 9.17) is 15.3 Å². The molecular formula is C30H26O4P+. The number of rotatable bonds is 4. The molecule has 0 atom stereocenters. The third kappa shape index (κ3) is 4.84. The van der Waals surface area contributed by atoms with E-state index in [9.17, 15) is 5.11 Å². The smallest absolute Gasteiger partial charge is 0.200 e. The van der Waals surface area contributed by atoms with E-state index in [-0.39, 0.29) is 11.5 Å². The number of hydrogen-bond acceptors (Lipinski definition) is 4. The Morgan fingerprint density at radius 3 is 1.06 bits per heavy atom. The third-order valence-corrected chi connectivity index (χ3v) is 9.99. The number of para-hydroxylation sites is 2. The van der Waals surface area contributed by atoms with Gasteiger partial charge in [0, 0.05) is 0 Å². The van der Waals surface area contributed by atoms with Gasteiger partial charge in [0.15, 0.2) is 28.3 Å². The van der Waals surface area contributed by atoms with Gasteiger partial charge in [0.1, 0.15) is 23.2 Å². The number of aromatic hydroxyl groups is 4. The minimum atomic E-state index is -2.19. The topological polar surface area (TPSA) is 80.9 Å². The number of phenols is 4. The number of benzene rings is 5. The van der Waals surface area contributed by atoms with Crippen molar-refractivity contribution >= 4 is 28.5 Å². The zero-order chi connectivity index (χ0) is 24.7. The molecule has 5 rings (SSSR count). The Kier molecular flexibility index (Phi) is 7.35. The fraction of sp³-hybridized carbons (Fsp3) is 0. The van der Waals surface area contributed by atoms with Crippen molar-refractivity contribution in [3.05, 3.63) is 133 Å². The van der Waals surface area contributed by atoms with E-state index in [1.807, 2.05) is 30.3 Å². The summed E-state index contributed by atoms with van der Waals surface area (Å²) in [5.41, 5.74) is 0. The molecular weight excluding hydrogens is 455 g/mol. The van der Waals surface area contributed by atoms with Crippen molar-refractivity contribution in [2.24, 2.45) is 0 Å². The number of hydrogen-bond donors (Lipinski definition) is 4. The summed E-state index contributed by atoms with van der Waals surface area (Å²) in [4.78, 5) is 0. The Morgan fingerprint density at radius 2 is 0.686 bits per heavy atom. The average molecular weight is 482 g/mol. The molecule has 0 saturated heterocycles. The molecule has 0 fully saturated rings. The van der Waals surface area contributed by atoms with Crippen LogP contribution in [-0.4, -0.2) is 20.4 Å². The van der Waals surface area contributed by atoms with Gasteiger partial charge in [-0.15, -0.1) is 0 Å². The van der Waals surface area contributed by atoms with E-state index < -0.39 is 13.0 Å². The molecule has 35 heavy (non-hydrogen) atoms. The maximum Gasteiger partial charge on any atom is 0.200 e. The fourth-order valence-electron chi connectivity index (χ4n) is 4.09. The second-order valence-electron chi connectivity index (χ2n) is 7.81. The monoisotopic (exact) mass is 481 g/mol. The van der Waals surface area contributed by atoms with Gasteiger partial charge in [0.2, 0.25) is 0 Å². The molecule has 0 aromatic heterocycles. The first kappa shape index (κ1) is 23.9. The predicted octanol–water partition coefficient (Wildman–Crippen LogP) is 4.82. The lowest BCUT2D eigenvalue weighted by Gasteiger charge is -2.27. The third-order valence-electron chi connectivity index (χ3n) is 5.67. The van der Waals surface area contributed by atoms with Crippen molar-refractivity contribution in [2.45, 2.75) is 0 Å². The predicted molar refractivity (Wildman–Crippen MR) is 144 cm³/mol. The molecule has 0 bridgehead atoms. The van der Waals surface area contributed by atoms with E-state index in [2.05, 4.69) is 78.9 Å². The van der Waals surface area contributed by atoms with Crippen LogP contribution in [0, 0.1) is 0 Å². The van der Waals surface area contributed by atoms with Crippen LogP contribution in [-0.2, 0) is 0 Å². The van der Waals surface area contributed by atoms with E-state index in [1.54, 1.807) is 6.07 Å². The molecule has 0 aliphatic rings. The van der Waals surface area contributed by atoms with Crippen molar-refractivity contribution in [1.82, 2.24) is 0 Å². The van der Waals surface area contributed by atoms with Crippen LogP contribution in [0.3, 0.4) is 0 Å². The second-order valence-corrected chi connectivity index (χ2v) is 11.2. The van der Waals surface area contributed by atoms with Gasteiger partial charge in [0.25, 0.3) is 0 Å². The molecule has 0 spiro atoms. The van der Waals surface area contributed by atoms with E-state index in [0.29, 0.717) is 5.75 Å². The Bertz CT molecular complexity index is 1260. The normalized spacial score (nSPS) is 10.7. The summed E-state index contributed by atoms with van der Waals surface area (Å²) in [5.74, 6) is -0.750. The standard InChI is InChI=1S/C24H19OP.C6H6O3/c25-23-18-10-11-19-24(23)26(20-12-4-1-5-13-20,21-14-6-2-7-15-21)22-16-8-3-9-17-22;7-4-2-1-3-5(8)6(4)9/h1-19H;1-3,7-9H/p+1. The summed E-state index contributed by atoms with van der Waals surface area (Å²) in [7, 11) is -2.19. The minimum absolute atomic E-state index is 0.310. The first-order chi connectivity index (χ1) is 17.0. The van der Waals surface area contributed by atoms with Crippen molar-refractivity contribution < 1.29 is 20.4 Å². The average Bonchev–Trinajstić information content (AvgIpc) is 2.91. The summed E-state index contributed by atoms with van der Waals surface area (Å²) in [6, 6.07) is 43.4. The zero-order valence-corrected chi connectivity index (χ0v) is 19.8. The summed E-state index contributed by atoms with van der Waals surface area (Å²) in [5, 5.41) is 41.6. The minimum Gasteiger partial charge on any atom is -0.504 e. The summed E-state index contributed by atoms with van der Waals surface area (Å²) >= 11 is 0. The van der Waals surface area contributed by atoms with Gasteiger partial charge in [-0.1, -0.05) is 72.8 Å². The number of phenolic OH excluding ortho intramolecular Hbond substituents is 4. The molecule has 5 aromatic rings. The molecule has 0 saturated carbocycles. The summed E-state index contributed by atoms with van der Waals surface area (Å²) < 4.78 is 0. The van der Waals surface area contributed by atoms with E-state index >= 15 is 0 Å². The van der Waals surface area contributed by atoms with E-state index in [1.165, 1.54) is 34.1 Å². The van der Waals surface area contributed by atoms with Crippen LogP contribution in [0.5, 0.6) is 23.0 Å². The first-order valence-electron chi connectivity index (χ1n) is 11.1. The van der Waals surface area contributed by atoms with Crippen molar-refractivity contribution in [3.8, 4) is 23.0 Å². The van der Waals surface area contributed by atoms with Crippen molar-refractivity contribution in [1.29, 1.82) is 0 Å². The molecule has 0 radical (unpaired) electrons. The van der Waals surface area contributed by atoms with Gasteiger partial charge in [-0.2, -0.15) is 0 Å². The molecule has 4 nitrogen and oxygen atoms in total. The van der Waals surface area contributed by atoms with Gasteiger partial charge < -0.3 is 20.4 Å². The van der Waals surface area contributed by atoms with Crippen molar-refractivity contribution in [3.63, 3.8) is 0 Å². The zero-order valence-electron chi connectivity index (χ0n) is 18.9. The molecule has 5 aromatic carbocycles. The van der Waals surface area contributed by atoms with Crippen LogP contribution in [0.2, 0.25) is 0 Å². The van der Waals surface area contributed by atoms with Crippen LogP contribution in [0.1, 0.15) is 0 Å². The summed E-state index contributed by atoms with van der Waals surface area (Å²) in [6.45, 7) is 0. The highest BCUT2D eigenvalue weighted by molar-refractivity contribution is 8.01. The maximum atomic E-state index is 10.9. The molecule has 0 aliphatic carbocycles. The Morgan fingerprint density at radius 1 is 0.343 bits per heavy atom. The molecule has 0 heterocycles. The first-order valence-corrected chi connectivity index (χ1v) is 12.9. The largest absolute Gasteiger partial charge is 0.504 e. The van der Waals surface area contributed by atoms with E-state index in [0.717, 1.165) is 5.30 Å². The van der Waals surface area contributed by atoms with Gasteiger partial charge in [-0.05, 0) is 60.7 Å². The highest BCUT2D eigenvalue weighted by Gasteiger charge is 2.49. The molecule has 0 amide bonds. The maximum absolute atomic E-state index is 10.9. The van der Waals surface area contributed by atoms with Crippen molar-refractivity contribution in [2.75, 3.05) is 0 Å². The molecule has 0 unspecified atom stereocenters. The van der Waals surface area contributed by atoms with Crippen LogP contribution >= 0.6 is 7.26 Å².